The molecule has 0 bridgehead atoms. The smallest absolute Gasteiger partial charge is 0.312 e. The van der Waals surface area contributed by atoms with Gasteiger partial charge in [0.15, 0.2) is 0 Å². The fraction of sp³-hybridized carbons (Fsp3) is 0.462. The van der Waals surface area contributed by atoms with Crippen LogP contribution >= 0.6 is 0 Å². The first-order valence-corrected chi connectivity index (χ1v) is 6.17. The molecule has 1 saturated heterocycles. The summed E-state index contributed by atoms with van der Waals surface area (Å²) < 4.78 is 13.5. The van der Waals surface area contributed by atoms with Gasteiger partial charge in [-0.3, -0.25) is 4.90 Å². The molecule has 1 fully saturated rings. The van der Waals surface area contributed by atoms with Gasteiger partial charge in [0.05, 0.1) is 0 Å². The Morgan fingerprint density at radius 3 is 3.00 bits per heavy atom. The van der Waals surface area contributed by atoms with E-state index >= 15 is 0 Å². The zero-order chi connectivity index (χ0) is 13.0. The van der Waals surface area contributed by atoms with Crippen LogP contribution in [0.3, 0.4) is 0 Å². The van der Waals surface area contributed by atoms with Gasteiger partial charge in [0.1, 0.15) is 5.82 Å². The lowest BCUT2D eigenvalue weighted by Gasteiger charge is -2.32. The second-order valence-corrected chi connectivity index (χ2v) is 4.67. The monoisotopic (exact) mass is 251 g/mol. The molecule has 0 aromatic heterocycles. The Balaban J connectivity index is 1.93. The van der Waals surface area contributed by atoms with E-state index in [1.54, 1.807) is 12.1 Å². The van der Waals surface area contributed by atoms with Crippen molar-refractivity contribution in [2.24, 2.45) is 5.73 Å². The molecule has 3 N–H and O–H groups in total. The van der Waals surface area contributed by atoms with E-state index in [2.05, 4.69) is 10.2 Å². The molecule has 98 valence electrons. The number of hydrogen-bond acceptors (Lipinski definition) is 2. The number of likely N-dealkylation sites (tertiary alicyclic amines) is 1. The minimum absolute atomic E-state index is 0.0722. The molecular formula is C13H18FN3O. The zero-order valence-electron chi connectivity index (χ0n) is 10.2. The molecule has 0 aliphatic carbocycles. The normalized spacial score (nSPS) is 20.6. The van der Waals surface area contributed by atoms with E-state index in [1.165, 1.54) is 6.07 Å². The number of nitrogens with two attached hydrogens (primary N) is 1. The minimum Gasteiger partial charge on any atom is -0.352 e. The summed E-state index contributed by atoms with van der Waals surface area (Å²) in [6, 6.07) is 6.36. The predicted octanol–water partition coefficient (Wildman–Crippen LogP) is 1.46. The second kappa shape index (κ2) is 5.82. The largest absolute Gasteiger partial charge is 0.352 e. The number of carbonyl (C=O) groups is 1. The number of carbonyl (C=O) groups excluding carboxylic acids is 1. The highest BCUT2D eigenvalue weighted by atomic mass is 19.1. The number of amides is 2. The van der Waals surface area contributed by atoms with Gasteiger partial charge in [0.25, 0.3) is 0 Å². The van der Waals surface area contributed by atoms with Crippen LogP contribution in [0.25, 0.3) is 0 Å². The summed E-state index contributed by atoms with van der Waals surface area (Å²) in [5.74, 6) is -0.178. The molecule has 0 radical (unpaired) electrons. The molecule has 18 heavy (non-hydrogen) atoms. The molecule has 1 aromatic rings. The minimum atomic E-state index is -0.493. The van der Waals surface area contributed by atoms with Gasteiger partial charge in [-0.05, 0) is 25.5 Å². The molecule has 2 amide bonds. The molecule has 1 aliphatic heterocycles. The predicted molar refractivity (Wildman–Crippen MR) is 67.4 cm³/mol. The van der Waals surface area contributed by atoms with Gasteiger partial charge >= 0.3 is 6.03 Å². The van der Waals surface area contributed by atoms with Crippen LogP contribution in [0.5, 0.6) is 0 Å². The van der Waals surface area contributed by atoms with Crippen molar-refractivity contribution in [3.05, 3.63) is 35.6 Å². The van der Waals surface area contributed by atoms with Crippen LogP contribution < -0.4 is 11.1 Å². The van der Waals surface area contributed by atoms with Crippen molar-refractivity contribution in [2.45, 2.75) is 25.4 Å². The summed E-state index contributed by atoms with van der Waals surface area (Å²) in [7, 11) is 0. The van der Waals surface area contributed by atoms with Crippen LogP contribution in [0.1, 0.15) is 18.4 Å². The van der Waals surface area contributed by atoms with Crippen molar-refractivity contribution in [3.63, 3.8) is 0 Å². The van der Waals surface area contributed by atoms with E-state index in [0.29, 0.717) is 12.1 Å². The second-order valence-electron chi connectivity index (χ2n) is 4.67. The Morgan fingerprint density at radius 2 is 2.28 bits per heavy atom. The van der Waals surface area contributed by atoms with E-state index in [9.17, 15) is 9.18 Å². The molecule has 1 aliphatic rings. The van der Waals surface area contributed by atoms with Gasteiger partial charge in [0.2, 0.25) is 0 Å². The van der Waals surface area contributed by atoms with Crippen molar-refractivity contribution < 1.29 is 9.18 Å². The average molecular weight is 251 g/mol. The quantitative estimate of drug-likeness (QED) is 0.854. The third kappa shape index (κ3) is 3.43. The number of nitrogens with one attached hydrogen (secondary N) is 1. The fourth-order valence-corrected chi connectivity index (χ4v) is 2.39. The Morgan fingerprint density at radius 1 is 1.50 bits per heavy atom. The SMILES string of the molecule is NC(=O)N[C@@H]1CCCN(Cc2ccccc2F)C1. The molecule has 1 atom stereocenters. The lowest BCUT2D eigenvalue weighted by Crippen LogP contribution is -2.48. The third-order valence-corrected chi connectivity index (χ3v) is 3.20. The highest BCUT2D eigenvalue weighted by Crippen LogP contribution is 2.15. The van der Waals surface area contributed by atoms with Crippen molar-refractivity contribution in [1.82, 2.24) is 10.2 Å². The van der Waals surface area contributed by atoms with Crippen LogP contribution in [-0.2, 0) is 6.54 Å². The van der Waals surface area contributed by atoms with Gasteiger partial charge in [-0.15, -0.1) is 0 Å². The van der Waals surface area contributed by atoms with Crippen LogP contribution in [0, 0.1) is 5.82 Å². The Bertz CT molecular complexity index is 424. The maximum absolute atomic E-state index is 13.5. The van der Waals surface area contributed by atoms with Crippen LogP contribution in [0.4, 0.5) is 9.18 Å². The number of benzene rings is 1. The maximum Gasteiger partial charge on any atom is 0.312 e. The Labute approximate surface area is 106 Å². The van der Waals surface area contributed by atoms with E-state index in [4.69, 9.17) is 5.73 Å². The molecule has 5 heteroatoms. The number of nitrogens with zero attached hydrogens (tertiary/aromatic N) is 1. The number of piperidine rings is 1. The first-order chi connectivity index (χ1) is 8.65. The highest BCUT2D eigenvalue weighted by Gasteiger charge is 2.21. The maximum atomic E-state index is 13.5. The van der Waals surface area contributed by atoms with E-state index in [0.717, 1.165) is 25.9 Å². The Hall–Kier alpha value is -1.62. The lowest BCUT2D eigenvalue weighted by molar-refractivity contribution is 0.181. The molecule has 0 saturated carbocycles. The topological polar surface area (TPSA) is 58.4 Å². The summed E-state index contributed by atoms with van der Waals surface area (Å²) >= 11 is 0. The van der Waals surface area contributed by atoms with Crippen molar-refractivity contribution >= 4 is 6.03 Å². The molecule has 2 rings (SSSR count). The number of urea groups is 1. The first kappa shape index (κ1) is 12.8. The van der Waals surface area contributed by atoms with Gasteiger partial charge < -0.3 is 11.1 Å². The molecule has 1 aromatic carbocycles. The lowest BCUT2D eigenvalue weighted by atomic mass is 10.0. The standard InChI is InChI=1S/C13H18FN3O/c14-12-6-2-1-4-10(12)8-17-7-3-5-11(9-17)16-13(15)18/h1-2,4,6,11H,3,5,7-9H2,(H3,15,16,18)/t11-/m1/s1. The van der Waals surface area contributed by atoms with E-state index in [-0.39, 0.29) is 11.9 Å². The highest BCUT2D eigenvalue weighted by molar-refractivity contribution is 5.71. The molecule has 1 heterocycles. The van der Waals surface area contributed by atoms with E-state index < -0.39 is 6.03 Å². The van der Waals surface area contributed by atoms with Gasteiger partial charge in [-0.2, -0.15) is 0 Å². The number of halogens is 1. The molecular weight excluding hydrogens is 233 g/mol. The van der Waals surface area contributed by atoms with Gasteiger partial charge in [-0.1, -0.05) is 18.2 Å². The van der Waals surface area contributed by atoms with Crippen molar-refractivity contribution in [1.29, 1.82) is 0 Å². The average Bonchev–Trinajstić information content (AvgIpc) is 2.32. The van der Waals surface area contributed by atoms with Gasteiger partial charge in [0, 0.05) is 24.7 Å². The number of rotatable bonds is 3. The van der Waals surface area contributed by atoms with Gasteiger partial charge in [-0.25, -0.2) is 9.18 Å². The summed E-state index contributed by atoms with van der Waals surface area (Å²) in [6.45, 7) is 2.21. The molecule has 4 nitrogen and oxygen atoms in total. The van der Waals surface area contributed by atoms with Crippen LogP contribution in [0.15, 0.2) is 24.3 Å². The van der Waals surface area contributed by atoms with Crippen molar-refractivity contribution in [3.8, 4) is 0 Å². The third-order valence-electron chi connectivity index (χ3n) is 3.20. The summed E-state index contributed by atoms with van der Waals surface area (Å²) in [4.78, 5) is 13.0. The summed E-state index contributed by atoms with van der Waals surface area (Å²) in [5.41, 5.74) is 5.81. The molecule has 0 spiro atoms. The summed E-state index contributed by atoms with van der Waals surface area (Å²) in [6.07, 6.45) is 1.91. The number of hydrogen-bond donors (Lipinski definition) is 2. The zero-order valence-corrected chi connectivity index (χ0v) is 10.2. The first-order valence-electron chi connectivity index (χ1n) is 6.17. The van der Waals surface area contributed by atoms with Crippen molar-refractivity contribution in [2.75, 3.05) is 13.1 Å². The molecule has 0 unspecified atom stereocenters. The van der Waals surface area contributed by atoms with Crippen LogP contribution in [-0.4, -0.2) is 30.1 Å². The Kier molecular flexibility index (Phi) is 4.15. The summed E-state index contributed by atoms with van der Waals surface area (Å²) in [5, 5.41) is 2.72. The van der Waals surface area contributed by atoms with E-state index in [1.807, 2.05) is 6.07 Å². The fourth-order valence-electron chi connectivity index (χ4n) is 2.39. The van der Waals surface area contributed by atoms with Crippen LogP contribution in [0.2, 0.25) is 0 Å². The number of primary amides is 1.